The Bertz CT molecular complexity index is 518. The van der Waals surface area contributed by atoms with Crippen LogP contribution < -0.4 is 5.32 Å². The van der Waals surface area contributed by atoms with Crippen LogP contribution in [0.1, 0.15) is 16.1 Å². The zero-order valence-corrected chi connectivity index (χ0v) is 9.26. The number of hydrogen-bond donors (Lipinski definition) is 1. The van der Waals surface area contributed by atoms with Gasteiger partial charge in [0.25, 0.3) is 5.91 Å². The molecular weight excluding hydrogens is 212 g/mol. The molecule has 0 aliphatic heterocycles. The monoisotopic (exact) mass is 224 g/mol. The van der Waals surface area contributed by atoms with Gasteiger partial charge in [0.2, 0.25) is 0 Å². The highest BCUT2D eigenvalue weighted by Gasteiger charge is 2.05. The Balaban J connectivity index is 2.10. The Labute approximate surface area is 99.8 Å². The Hall–Kier alpha value is -2.42. The van der Waals surface area contributed by atoms with Crippen LogP contribution in [-0.4, -0.2) is 10.9 Å². The molecule has 0 atom stereocenters. The molecule has 2 rings (SSSR count). The van der Waals surface area contributed by atoms with Gasteiger partial charge in [0.15, 0.2) is 0 Å². The van der Waals surface area contributed by atoms with Gasteiger partial charge in [0.05, 0.1) is 0 Å². The molecule has 1 amide bonds. The fourth-order valence-electron chi connectivity index (χ4n) is 1.39. The molecule has 1 heterocycles. The van der Waals surface area contributed by atoms with E-state index < -0.39 is 0 Å². The van der Waals surface area contributed by atoms with Crippen LogP contribution in [0.25, 0.3) is 6.08 Å². The lowest BCUT2D eigenvalue weighted by atomic mass is 10.2. The first-order chi connectivity index (χ1) is 8.29. The minimum absolute atomic E-state index is 0.211. The molecule has 84 valence electrons. The second-order valence-corrected chi connectivity index (χ2v) is 3.50. The largest absolute Gasteiger partial charge is 0.321 e. The number of anilines is 1. The van der Waals surface area contributed by atoms with Crippen LogP contribution in [0.4, 0.5) is 5.69 Å². The number of benzene rings is 1. The molecule has 0 saturated carbocycles. The van der Waals surface area contributed by atoms with E-state index >= 15 is 0 Å². The van der Waals surface area contributed by atoms with Crippen molar-refractivity contribution in [1.82, 2.24) is 4.98 Å². The summed E-state index contributed by atoms with van der Waals surface area (Å²) in [7, 11) is 0. The lowest BCUT2D eigenvalue weighted by Crippen LogP contribution is -2.13. The Kier molecular flexibility index (Phi) is 3.31. The van der Waals surface area contributed by atoms with Crippen molar-refractivity contribution in [2.45, 2.75) is 0 Å². The van der Waals surface area contributed by atoms with Gasteiger partial charge in [-0.25, -0.2) is 0 Å². The Morgan fingerprint density at radius 3 is 2.53 bits per heavy atom. The van der Waals surface area contributed by atoms with Crippen molar-refractivity contribution in [3.05, 3.63) is 66.5 Å². The number of nitrogens with zero attached hydrogens (tertiary/aromatic N) is 1. The van der Waals surface area contributed by atoms with E-state index in [1.165, 1.54) is 0 Å². The van der Waals surface area contributed by atoms with Crippen LogP contribution in [0.3, 0.4) is 0 Å². The van der Waals surface area contributed by atoms with E-state index in [9.17, 15) is 4.79 Å². The molecule has 1 N–H and O–H groups in total. The fraction of sp³-hybridized carbons (Fsp3) is 0. The molecule has 0 aliphatic rings. The Morgan fingerprint density at radius 1 is 1.18 bits per heavy atom. The molecule has 0 spiro atoms. The molecular formula is C14H12N2O. The van der Waals surface area contributed by atoms with Crippen LogP contribution in [0.2, 0.25) is 0 Å². The number of carbonyl (C=O) groups is 1. The quantitative estimate of drug-likeness (QED) is 0.870. The van der Waals surface area contributed by atoms with E-state index in [0.29, 0.717) is 5.69 Å². The van der Waals surface area contributed by atoms with Crippen LogP contribution in [0.5, 0.6) is 0 Å². The molecule has 1 aromatic carbocycles. The molecule has 17 heavy (non-hydrogen) atoms. The highest BCUT2D eigenvalue weighted by atomic mass is 16.1. The second-order valence-electron chi connectivity index (χ2n) is 3.50. The maximum absolute atomic E-state index is 11.8. The van der Waals surface area contributed by atoms with Crippen LogP contribution in [0, 0.1) is 0 Å². The Morgan fingerprint density at radius 2 is 1.94 bits per heavy atom. The first-order valence-corrected chi connectivity index (χ1v) is 5.24. The number of nitrogens with one attached hydrogen (secondary N) is 1. The van der Waals surface area contributed by atoms with Crippen molar-refractivity contribution in [3.8, 4) is 0 Å². The molecule has 3 nitrogen and oxygen atoms in total. The summed E-state index contributed by atoms with van der Waals surface area (Å²) in [6, 6.07) is 12.7. The normalized spacial score (nSPS) is 9.65. The van der Waals surface area contributed by atoms with E-state index in [4.69, 9.17) is 0 Å². The molecule has 0 aliphatic carbocycles. The summed E-state index contributed by atoms with van der Waals surface area (Å²) < 4.78 is 0. The highest BCUT2D eigenvalue weighted by Crippen LogP contribution is 2.11. The van der Waals surface area contributed by atoms with Crippen LogP contribution in [0.15, 0.2) is 55.2 Å². The SMILES string of the molecule is C=Cc1ccc(NC(=O)c2ccccn2)cc1. The van der Waals surface area contributed by atoms with Crippen molar-refractivity contribution in [3.63, 3.8) is 0 Å². The minimum atomic E-state index is -0.211. The number of amides is 1. The number of aromatic nitrogens is 1. The van der Waals surface area contributed by atoms with Crippen molar-refractivity contribution in [2.24, 2.45) is 0 Å². The third-order valence-corrected chi connectivity index (χ3v) is 2.30. The molecule has 0 radical (unpaired) electrons. The van der Waals surface area contributed by atoms with Gasteiger partial charge in [0.1, 0.15) is 5.69 Å². The highest BCUT2D eigenvalue weighted by molar-refractivity contribution is 6.02. The van der Waals surface area contributed by atoms with Gasteiger partial charge in [-0.15, -0.1) is 0 Å². The summed E-state index contributed by atoms with van der Waals surface area (Å²) in [5.74, 6) is -0.211. The average molecular weight is 224 g/mol. The predicted octanol–water partition coefficient (Wildman–Crippen LogP) is 2.98. The third kappa shape index (κ3) is 2.78. The summed E-state index contributed by atoms with van der Waals surface area (Å²) in [6.45, 7) is 3.67. The fourth-order valence-corrected chi connectivity index (χ4v) is 1.39. The van der Waals surface area contributed by atoms with Crippen LogP contribution in [-0.2, 0) is 0 Å². The number of carbonyl (C=O) groups excluding carboxylic acids is 1. The summed E-state index contributed by atoms with van der Waals surface area (Å²) in [4.78, 5) is 15.8. The molecule has 0 fully saturated rings. The molecule has 1 aromatic heterocycles. The maximum atomic E-state index is 11.8. The number of rotatable bonds is 3. The van der Waals surface area contributed by atoms with Gasteiger partial charge in [-0.05, 0) is 29.8 Å². The summed E-state index contributed by atoms with van der Waals surface area (Å²) >= 11 is 0. The van der Waals surface area contributed by atoms with Gasteiger partial charge in [0, 0.05) is 11.9 Å². The second kappa shape index (κ2) is 5.07. The predicted molar refractivity (Wildman–Crippen MR) is 68.7 cm³/mol. The summed E-state index contributed by atoms with van der Waals surface area (Å²) in [5, 5.41) is 2.77. The summed E-state index contributed by atoms with van der Waals surface area (Å²) in [5.41, 5.74) is 2.16. The van der Waals surface area contributed by atoms with Crippen LogP contribution >= 0.6 is 0 Å². The molecule has 0 bridgehead atoms. The van der Waals surface area contributed by atoms with Crippen molar-refractivity contribution < 1.29 is 4.79 Å². The summed E-state index contributed by atoms with van der Waals surface area (Å²) in [6.07, 6.45) is 3.35. The standard InChI is InChI=1S/C14H12N2O/c1-2-11-6-8-12(9-7-11)16-14(17)13-5-3-4-10-15-13/h2-10H,1H2,(H,16,17). The lowest BCUT2D eigenvalue weighted by Gasteiger charge is -2.04. The van der Waals surface area contributed by atoms with Gasteiger partial charge >= 0.3 is 0 Å². The van der Waals surface area contributed by atoms with Gasteiger partial charge < -0.3 is 5.32 Å². The topological polar surface area (TPSA) is 42.0 Å². The molecule has 2 aromatic rings. The van der Waals surface area contributed by atoms with Gasteiger partial charge in [-0.2, -0.15) is 0 Å². The third-order valence-electron chi connectivity index (χ3n) is 2.30. The first-order valence-electron chi connectivity index (χ1n) is 5.24. The molecule has 0 saturated heterocycles. The molecule has 3 heteroatoms. The van der Waals surface area contributed by atoms with Gasteiger partial charge in [-0.1, -0.05) is 30.9 Å². The van der Waals surface area contributed by atoms with E-state index in [-0.39, 0.29) is 5.91 Å². The number of hydrogen-bond acceptors (Lipinski definition) is 2. The lowest BCUT2D eigenvalue weighted by molar-refractivity contribution is 0.102. The van der Waals surface area contributed by atoms with Crippen molar-refractivity contribution in [1.29, 1.82) is 0 Å². The first kappa shape index (κ1) is 11.1. The molecule has 0 unspecified atom stereocenters. The zero-order valence-electron chi connectivity index (χ0n) is 9.26. The minimum Gasteiger partial charge on any atom is -0.321 e. The van der Waals surface area contributed by atoms with Crippen molar-refractivity contribution >= 4 is 17.7 Å². The van der Waals surface area contributed by atoms with E-state index in [2.05, 4.69) is 16.9 Å². The van der Waals surface area contributed by atoms with Gasteiger partial charge in [-0.3, -0.25) is 9.78 Å². The van der Waals surface area contributed by atoms with E-state index in [1.807, 2.05) is 24.3 Å². The van der Waals surface area contributed by atoms with E-state index in [0.717, 1.165) is 11.3 Å². The van der Waals surface area contributed by atoms with Crippen molar-refractivity contribution in [2.75, 3.05) is 5.32 Å². The zero-order chi connectivity index (χ0) is 12.1. The van der Waals surface area contributed by atoms with E-state index in [1.54, 1.807) is 30.5 Å². The smallest absolute Gasteiger partial charge is 0.274 e. The average Bonchev–Trinajstić information content (AvgIpc) is 2.40. The maximum Gasteiger partial charge on any atom is 0.274 e. The number of pyridine rings is 1.